The van der Waals surface area contributed by atoms with E-state index >= 15 is 0 Å². The molecule has 0 bridgehead atoms. The molecule has 0 heterocycles. The summed E-state index contributed by atoms with van der Waals surface area (Å²) in [6.07, 6.45) is 0. The van der Waals surface area contributed by atoms with Gasteiger partial charge in [0.2, 0.25) is 0 Å². The quantitative estimate of drug-likeness (QED) is 0.401. The standard InChI is InChI=1S/2C2H4OS.Sr/c2*1-2(3)4;/h2*1H3,(H,3,4);/q;;+2/p-2. The Kier molecular flexibility index (Phi) is 22.2. The van der Waals surface area contributed by atoms with Gasteiger partial charge in [-0.2, -0.15) is 0 Å². The van der Waals surface area contributed by atoms with Crippen molar-refractivity contribution in [2.24, 2.45) is 0 Å². The second-order valence-corrected chi connectivity index (χ2v) is 2.13. The van der Waals surface area contributed by atoms with Crippen molar-refractivity contribution in [2.75, 3.05) is 0 Å². The molecule has 0 spiro atoms. The van der Waals surface area contributed by atoms with E-state index in [1.807, 2.05) is 0 Å². The Morgan fingerprint density at radius 1 is 1.00 bits per heavy atom. The van der Waals surface area contributed by atoms with Gasteiger partial charge in [-0.3, -0.25) is 0 Å². The minimum atomic E-state index is -0.250. The molecule has 0 fully saturated rings. The third-order valence-electron chi connectivity index (χ3n) is 0. The Bertz CT molecular complexity index is 74.6. The van der Waals surface area contributed by atoms with E-state index in [0.29, 0.717) is 0 Å². The van der Waals surface area contributed by atoms with Crippen LogP contribution >= 0.6 is 24.4 Å². The molecule has 0 aromatic carbocycles. The third kappa shape index (κ3) is 307. The van der Waals surface area contributed by atoms with Crippen LogP contribution in [0.5, 0.6) is 0 Å². The average molecular weight is 238 g/mol. The Hall–Kier alpha value is 1.26. The van der Waals surface area contributed by atoms with Crippen LogP contribution in [0.1, 0.15) is 13.8 Å². The van der Waals surface area contributed by atoms with Gasteiger partial charge < -0.3 is 10.2 Å². The van der Waals surface area contributed by atoms with Crippen molar-refractivity contribution < 1.29 is 10.2 Å². The van der Waals surface area contributed by atoms with Crippen LogP contribution in [0.4, 0.5) is 0 Å². The van der Waals surface area contributed by atoms with Crippen LogP contribution in [0.15, 0.2) is 0 Å². The smallest absolute Gasteiger partial charge is 0.868 e. The molecule has 9 heavy (non-hydrogen) atoms. The van der Waals surface area contributed by atoms with Crippen molar-refractivity contribution in [2.45, 2.75) is 13.8 Å². The molecule has 5 heteroatoms. The summed E-state index contributed by atoms with van der Waals surface area (Å²) in [5, 5.41) is 18.0. The normalized spacial score (nSPS) is 5.56. The van der Waals surface area contributed by atoms with Crippen LogP contribution in [0.3, 0.4) is 0 Å². The van der Waals surface area contributed by atoms with Crippen LogP contribution in [0.25, 0.3) is 0 Å². The molecule has 2 nitrogen and oxygen atoms in total. The second kappa shape index (κ2) is 12.0. The SMILES string of the molecule is CC([O-])=S.CC([O-])=S.[Sr+2]. The Morgan fingerprint density at radius 3 is 1.00 bits per heavy atom. The Balaban J connectivity index is -0.0000000720. The molecular weight excluding hydrogens is 232 g/mol. The van der Waals surface area contributed by atoms with E-state index in [0.717, 1.165) is 0 Å². The van der Waals surface area contributed by atoms with Crippen molar-refractivity contribution in [3.8, 4) is 0 Å². The fourth-order valence-electron chi connectivity index (χ4n) is 0. The van der Waals surface area contributed by atoms with Gasteiger partial charge >= 0.3 is 45.5 Å². The zero-order chi connectivity index (χ0) is 7.15. The number of hydrogen-bond acceptors (Lipinski definition) is 4. The van der Waals surface area contributed by atoms with Gasteiger partial charge in [0, 0.05) is 0 Å². The molecule has 0 atom stereocenters. The molecule has 0 saturated carbocycles. The second-order valence-electron chi connectivity index (χ2n) is 0.983. The van der Waals surface area contributed by atoms with E-state index < -0.39 is 0 Å². The molecule has 0 unspecified atom stereocenters. The molecular formula is C4H6O2S2Sr. The zero-order valence-electron chi connectivity index (χ0n) is 5.34. The van der Waals surface area contributed by atoms with E-state index in [1.165, 1.54) is 13.8 Å². The van der Waals surface area contributed by atoms with E-state index in [4.69, 9.17) is 0 Å². The maximum Gasteiger partial charge on any atom is 2.00 e. The maximum absolute atomic E-state index is 9.26. The van der Waals surface area contributed by atoms with Gasteiger partial charge in [0.05, 0.1) is 0 Å². The first-order valence-electron chi connectivity index (χ1n) is 1.82. The van der Waals surface area contributed by atoms with Crippen molar-refractivity contribution >= 4 is 80.0 Å². The molecule has 0 rings (SSSR count). The molecule has 0 aliphatic heterocycles. The summed E-state index contributed by atoms with van der Waals surface area (Å²) in [5.74, 6) is 0. The van der Waals surface area contributed by atoms with Crippen LogP contribution in [0.2, 0.25) is 0 Å². The minimum Gasteiger partial charge on any atom is -0.868 e. The van der Waals surface area contributed by atoms with Crippen molar-refractivity contribution in [1.29, 1.82) is 0 Å². The van der Waals surface area contributed by atoms with Gasteiger partial charge in [-0.05, 0) is 13.8 Å². The topological polar surface area (TPSA) is 46.1 Å². The zero-order valence-corrected chi connectivity index (χ0v) is 10.4. The van der Waals surface area contributed by atoms with Crippen LogP contribution in [0, 0.1) is 0 Å². The monoisotopic (exact) mass is 238 g/mol. The molecule has 0 radical (unpaired) electrons. The van der Waals surface area contributed by atoms with Gasteiger partial charge in [0.15, 0.2) is 0 Å². The molecule has 0 saturated heterocycles. The molecule has 0 aromatic rings. The molecule has 0 N–H and O–H groups in total. The largest absolute Gasteiger partial charge is 2.00 e. The predicted octanol–water partition coefficient (Wildman–Crippen LogP) is -0.993. The number of thiocarbonyl (C=S) groups is 2. The summed E-state index contributed by atoms with van der Waals surface area (Å²) in [6.45, 7) is 2.69. The molecule has 0 amide bonds. The number of rotatable bonds is 0. The number of hydrogen-bond donors (Lipinski definition) is 0. The summed E-state index contributed by atoms with van der Waals surface area (Å²) in [5.41, 5.74) is 0. The molecule has 0 aliphatic rings. The van der Waals surface area contributed by atoms with Crippen molar-refractivity contribution in [3.05, 3.63) is 0 Å². The maximum atomic E-state index is 9.26. The molecule has 48 valence electrons. The van der Waals surface area contributed by atoms with Gasteiger partial charge in [-0.25, -0.2) is 0 Å². The predicted molar refractivity (Wildman–Crippen MR) is 42.3 cm³/mol. The van der Waals surface area contributed by atoms with Crippen LogP contribution in [-0.4, -0.2) is 55.6 Å². The minimum absolute atomic E-state index is 0. The molecule has 0 aromatic heterocycles. The van der Waals surface area contributed by atoms with Gasteiger partial charge in [-0.1, -0.05) is 10.1 Å². The van der Waals surface area contributed by atoms with Crippen molar-refractivity contribution in [3.63, 3.8) is 0 Å². The first kappa shape index (κ1) is 16.7. The van der Waals surface area contributed by atoms with Crippen LogP contribution < -0.4 is 10.2 Å². The van der Waals surface area contributed by atoms with E-state index in [-0.39, 0.29) is 55.6 Å². The fraction of sp³-hybridized carbons (Fsp3) is 0.500. The van der Waals surface area contributed by atoms with Crippen LogP contribution in [-0.2, 0) is 0 Å². The van der Waals surface area contributed by atoms with E-state index in [1.54, 1.807) is 0 Å². The van der Waals surface area contributed by atoms with Gasteiger partial charge in [0.1, 0.15) is 0 Å². The summed E-state index contributed by atoms with van der Waals surface area (Å²) in [7, 11) is 0. The van der Waals surface area contributed by atoms with Gasteiger partial charge in [0.25, 0.3) is 0 Å². The summed E-state index contributed by atoms with van der Waals surface area (Å²) >= 11 is 7.96. The Morgan fingerprint density at radius 2 is 1.00 bits per heavy atom. The van der Waals surface area contributed by atoms with E-state index in [2.05, 4.69) is 24.4 Å². The fourth-order valence-corrected chi connectivity index (χ4v) is 0. The van der Waals surface area contributed by atoms with E-state index in [9.17, 15) is 10.2 Å². The molecule has 0 aliphatic carbocycles. The summed E-state index contributed by atoms with van der Waals surface area (Å²) < 4.78 is 0. The average Bonchev–Trinajstić information content (AvgIpc) is 1.25. The first-order valence-corrected chi connectivity index (χ1v) is 2.63. The van der Waals surface area contributed by atoms with Crippen molar-refractivity contribution in [1.82, 2.24) is 0 Å². The van der Waals surface area contributed by atoms with Gasteiger partial charge in [-0.15, -0.1) is 24.4 Å². The third-order valence-corrected chi connectivity index (χ3v) is 0. The summed E-state index contributed by atoms with van der Waals surface area (Å²) in [4.78, 5) is 0. The summed E-state index contributed by atoms with van der Waals surface area (Å²) in [6, 6.07) is 0. The Labute approximate surface area is 103 Å². The first-order chi connectivity index (χ1) is 3.46.